The molecular weight excluding hydrogens is 327 g/mol. The van der Waals surface area contributed by atoms with Gasteiger partial charge in [-0.05, 0) is 17.0 Å². The highest BCUT2D eigenvalue weighted by Crippen LogP contribution is 2.28. The number of aromatic nitrogens is 3. The zero-order valence-corrected chi connectivity index (χ0v) is 12.4. The van der Waals surface area contributed by atoms with E-state index in [-0.39, 0.29) is 5.16 Å². The number of halogens is 3. The Labute approximate surface area is 126 Å². The van der Waals surface area contributed by atoms with Crippen LogP contribution < -0.4 is 0 Å². The van der Waals surface area contributed by atoms with E-state index in [1.165, 1.54) is 18.4 Å². The fourth-order valence-electron chi connectivity index (χ4n) is 1.52. The van der Waals surface area contributed by atoms with E-state index in [1.54, 1.807) is 11.4 Å². The normalized spacial score (nSPS) is 11.6. The molecule has 0 bridgehead atoms. The summed E-state index contributed by atoms with van der Waals surface area (Å²) in [6.07, 6.45) is -3.30. The number of hydrogen-bond acceptors (Lipinski definition) is 6. The van der Waals surface area contributed by atoms with Crippen LogP contribution in [0.2, 0.25) is 0 Å². The maximum Gasteiger partial charge on any atom is 0.406 e. The zero-order chi connectivity index (χ0) is 15.5. The molecule has 0 spiro atoms. The smallest absolute Gasteiger partial charge is 0.406 e. The van der Waals surface area contributed by atoms with Crippen LogP contribution in [0.25, 0.3) is 0 Å². The van der Waals surface area contributed by atoms with Crippen molar-refractivity contribution in [3.63, 3.8) is 0 Å². The molecule has 2 heterocycles. The number of carbonyl (C=O) groups is 1. The van der Waals surface area contributed by atoms with E-state index in [1.807, 2.05) is 0 Å². The minimum absolute atomic E-state index is 0.148. The Morgan fingerprint density at radius 3 is 2.95 bits per heavy atom. The minimum Gasteiger partial charge on any atom is -0.465 e. The highest BCUT2D eigenvalue weighted by Gasteiger charge is 2.29. The summed E-state index contributed by atoms with van der Waals surface area (Å²) in [7, 11) is 1.28. The van der Waals surface area contributed by atoms with Crippen molar-refractivity contribution >= 4 is 29.1 Å². The van der Waals surface area contributed by atoms with Gasteiger partial charge in [0, 0.05) is 5.75 Å². The SMILES string of the molecule is COC(=O)c1sccc1CSc1nncn1CC(F)(F)F. The van der Waals surface area contributed by atoms with E-state index in [4.69, 9.17) is 0 Å². The number of thioether (sulfide) groups is 1. The second-order valence-electron chi connectivity index (χ2n) is 3.91. The Morgan fingerprint density at radius 1 is 1.52 bits per heavy atom. The first-order valence-corrected chi connectivity index (χ1v) is 7.49. The molecule has 10 heteroatoms. The molecule has 0 atom stereocenters. The number of thiophene rings is 1. The lowest BCUT2D eigenvalue weighted by Gasteiger charge is -2.09. The number of carbonyl (C=O) groups excluding carboxylic acids is 1. The first-order chi connectivity index (χ1) is 9.90. The van der Waals surface area contributed by atoms with Crippen LogP contribution in [0.4, 0.5) is 13.2 Å². The van der Waals surface area contributed by atoms with Crippen LogP contribution >= 0.6 is 23.1 Å². The molecule has 2 aromatic rings. The predicted molar refractivity (Wildman–Crippen MR) is 71.3 cm³/mol. The third-order valence-corrected chi connectivity index (χ3v) is 4.37. The molecule has 0 aliphatic rings. The lowest BCUT2D eigenvalue weighted by atomic mass is 10.3. The molecule has 0 amide bonds. The predicted octanol–water partition coefficient (Wildman–Crippen LogP) is 2.98. The number of nitrogens with zero attached hydrogens (tertiary/aromatic N) is 3. The number of rotatable bonds is 5. The van der Waals surface area contributed by atoms with Gasteiger partial charge in [-0.15, -0.1) is 21.5 Å². The van der Waals surface area contributed by atoms with E-state index in [9.17, 15) is 18.0 Å². The molecule has 5 nitrogen and oxygen atoms in total. The van der Waals surface area contributed by atoms with Gasteiger partial charge in [0.05, 0.1) is 7.11 Å². The first-order valence-electron chi connectivity index (χ1n) is 5.63. The average molecular weight is 337 g/mol. The van der Waals surface area contributed by atoms with Crippen molar-refractivity contribution in [1.82, 2.24) is 14.8 Å². The second kappa shape index (κ2) is 6.48. The molecule has 0 saturated carbocycles. The minimum atomic E-state index is -4.34. The lowest BCUT2D eigenvalue weighted by molar-refractivity contribution is -0.142. The van der Waals surface area contributed by atoms with Crippen LogP contribution in [0.5, 0.6) is 0 Å². The molecule has 0 N–H and O–H groups in total. The summed E-state index contributed by atoms with van der Waals surface area (Å²) >= 11 is 2.31. The molecule has 21 heavy (non-hydrogen) atoms. The summed E-state index contributed by atoms with van der Waals surface area (Å²) < 4.78 is 42.7. The number of ether oxygens (including phenoxy) is 1. The summed E-state index contributed by atoms with van der Waals surface area (Å²) in [5, 5.41) is 9.01. The summed E-state index contributed by atoms with van der Waals surface area (Å²) in [6.45, 7) is -1.14. The highest BCUT2D eigenvalue weighted by atomic mass is 32.2. The Balaban J connectivity index is 2.06. The van der Waals surface area contributed by atoms with E-state index >= 15 is 0 Å². The molecule has 0 unspecified atom stereocenters. The number of alkyl halides is 3. The van der Waals surface area contributed by atoms with Gasteiger partial charge in [-0.1, -0.05) is 11.8 Å². The van der Waals surface area contributed by atoms with Gasteiger partial charge in [-0.25, -0.2) is 4.79 Å². The number of hydrogen-bond donors (Lipinski definition) is 0. The largest absolute Gasteiger partial charge is 0.465 e. The molecule has 0 fully saturated rings. The van der Waals surface area contributed by atoms with Crippen molar-refractivity contribution in [2.24, 2.45) is 0 Å². The Morgan fingerprint density at radius 2 is 2.29 bits per heavy atom. The van der Waals surface area contributed by atoms with Crippen LogP contribution in [0.15, 0.2) is 22.9 Å². The van der Waals surface area contributed by atoms with Crippen molar-refractivity contribution in [2.45, 2.75) is 23.6 Å². The summed E-state index contributed by atoms with van der Waals surface area (Å²) in [5.74, 6) is -0.151. The fraction of sp³-hybridized carbons (Fsp3) is 0.364. The van der Waals surface area contributed by atoms with Crippen LogP contribution in [-0.4, -0.2) is 34.0 Å². The zero-order valence-electron chi connectivity index (χ0n) is 10.8. The van der Waals surface area contributed by atoms with E-state index in [2.05, 4.69) is 14.9 Å². The van der Waals surface area contributed by atoms with Crippen LogP contribution in [-0.2, 0) is 17.0 Å². The summed E-state index contributed by atoms with van der Waals surface area (Å²) in [6, 6.07) is 1.73. The molecule has 2 rings (SSSR count). The number of methoxy groups -OCH3 is 1. The molecule has 0 radical (unpaired) electrons. The van der Waals surface area contributed by atoms with Gasteiger partial charge in [0.1, 0.15) is 17.7 Å². The summed E-state index contributed by atoms with van der Waals surface area (Å²) in [4.78, 5) is 11.9. The van der Waals surface area contributed by atoms with Crippen molar-refractivity contribution in [3.8, 4) is 0 Å². The van der Waals surface area contributed by atoms with Gasteiger partial charge in [-0.3, -0.25) is 4.57 Å². The molecule has 0 aliphatic carbocycles. The molecular formula is C11H10F3N3O2S2. The summed E-state index contributed by atoms with van der Waals surface area (Å²) in [5.41, 5.74) is 0.693. The van der Waals surface area contributed by atoms with Gasteiger partial charge < -0.3 is 4.74 Å². The van der Waals surface area contributed by atoms with E-state index in [0.29, 0.717) is 16.2 Å². The fourth-order valence-corrected chi connectivity index (χ4v) is 3.36. The maximum absolute atomic E-state index is 12.4. The molecule has 0 saturated heterocycles. The Kier molecular flexibility index (Phi) is 4.88. The van der Waals surface area contributed by atoms with Crippen LogP contribution in [0.1, 0.15) is 15.2 Å². The standard InChI is InChI=1S/C11H10F3N3O2S2/c1-19-9(18)8-7(2-3-20-8)4-21-10-16-15-6-17(10)5-11(12,13)14/h2-3,6H,4-5H2,1H3. The van der Waals surface area contributed by atoms with Gasteiger partial charge in [-0.2, -0.15) is 13.2 Å². The van der Waals surface area contributed by atoms with Crippen molar-refractivity contribution in [2.75, 3.05) is 7.11 Å². The lowest BCUT2D eigenvalue weighted by Crippen LogP contribution is -2.17. The third-order valence-electron chi connectivity index (χ3n) is 2.40. The van der Waals surface area contributed by atoms with E-state index in [0.717, 1.165) is 22.7 Å². The number of esters is 1. The maximum atomic E-state index is 12.4. The van der Waals surface area contributed by atoms with Crippen LogP contribution in [0, 0.1) is 0 Å². The van der Waals surface area contributed by atoms with Crippen molar-refractivity contribution < 1.29 is 22.7 Å². The van der Waals surface area contributed by atoms with E-state index < -0.39 is 18.7 Å². The topological polar surface area (TPSA) is 57.0 Å². The highest BCUT2D eigenvalue weighted by molar-refractivity contribution is 7.98. The third kappa shape index (κ3) is 4.21. The average Bonchev–Trinajstić information content (AvgIpc) is 3.02. The van der Waals surface area contributed by atoms with Gasteiger partial charge >= 0.3 is 12.1 Å². The van der Waals surface area contributed by atoms with Gasteiger partial charge in [0.25, 0.3) is 0 Å². The Hall–Kier alpha value is -1.55. The van der Waals surface area contributed by atoms with Gasteiger partial charge in [0.15, 0.2) is 5.16 Å². The van der Waals surface area contributed by atoms with Gasteiger partial charge in [0.2, 0.25) is 0 Å². The quantitative estimate of drug-likeness (QED) is 0.620. The van der Waals surface area contributed by atoms with Crippen LogP contribution in [0.3, 0.4) is 0 Å². The monoisotopic (exact) mass is 337 g/mol. The van der Waals surface area contributed by atoms with Crippen molar-refractivity contribution in [3.05, 3.63) is 28.2 Å². The second-order valence-corrected chi connectivity index (χ2v) is 5.77. The van der Waals surface area contributed by atoms with Crippen molar-refractivity contribution in [1.29, 1.82) is 0 Å². The molecule has 114 valence electrons. The molecule has 0 aliphatic heterocycles. The molecule has 2 aromatic heterocycles. The molecule has 0 aromatic carbocycles. The first kappa shape index (κ1) is 15.8. The Bertz CT molecular complexity index is 624.